The van der Waals surface area contributed by atoms with Crippen LogP contribution in [0.25, 0.3) is 0 Å². The van der Waals surface area contributed by atoms with Gasteiger partial charge in [0.05, 0.1) is 0 Å². The summed E-state index contributed by atoms with van der Waals surface area (Å²) >= 11 is 22.8. The Hall–Kier alpha value is 0.605. The second-order valence-corrected chi connectivity index (χ2v) is 12.5. The topological polar surface area (TPSA) is 0 Å². The Morgan fingerprint density at radius 2 is 0.710 bits per heavy atom. The van der Waals surface area contributed by atoms with Crippen molar-refractivity contribution in [2.45, 2.75) is 40.0 Å². The fourth-order valence-corrected chi connectivity index (χ4v) is 8.33. The number of hydrogen-bond donors (Lipinski definition) is 0. The van der Waals surface area contributed by atoms with E-state index >= 15 is 0 Å². The molecule has 7 heteroatoms. The van der Waals surface area contributed by atoms with Crippen LogP contribution in [-0.4, -0.2) is 6.71 Å². The molecule has 0 saturated heterocycles. The monoisotopic (exact) mass is 794 g/mol. The molecule has 31 heavy (non-hydrogen) atoms. The molecule has 0 aliphatic rings. The van der Waals surface area contributed by atoms with Crippen LogP contribution in [0.2, 0.25) is 0 Å². The SMILES string of the molecule is CCc1cc(B(c2cc(CC)c(Br)cc2Br)c2cc(CC)c(Br)cc2Br)c(Br)cc1Br. The minimum atomic E-state index is 0.0633. The fraction of sp³-hybridized carbons (Fsp3) is 0.250. The van der Waals surface area contributed by atoms with Crippen LogP contribution in [-0.2, 0) is 19.3 Å². The molecule has 3 aromatic rings. The molecule has 0 bridgehead atoms. The summed E-state index contributed by atoms with van der Waals surface area (Å²) in [5.74, 6) is 0. The molecule has 0 aliphatic carbocycles. The first-order valence-electron chi connectivity index (χ1n) is 10.1. The molecule has 0 amide bonds. The third kappa shape index (κ3) is 5.64. The largest absolute Gasteiger partial charge is 0.245 e. The molecule has 162 valence electrons. The number of rotatable bonds is 6. The Balaban J connectivity index is 2.40. The minimum absolute atomic E-state index is 0.0633. The zero-order valence-electron chi connectivity index (χ0n) is 17.4. The van der Waals surface area contributed by atoms with Gasteiger partial charge in [-0.1, -0.05) is 151 Å². The molecule has 3 rings (SSSR count). The first-order chi connectivity index (χ1) is 14.7. The van der Waals surface area contributed by atoms with Crippen molar-refractivity contribution < 1.29 is 0 Å². The van der Waals surface area contributed by atoms with Crippen molar-refractivity contribution in [2.75, 3.05) is 0 Å². The smallest absolute Gasteiger partial charge is 0.0615 e. The Bertz CT molecular complexity index is 984. The number of hydrogen-bond acceptors (Lipinski definition) is 0. The van der Waals surface area contributed by atoms with Crippen molar-refractivity contribution in [3.8, 4) is 0 Å². The van der Waals surface area contributed by atoms with Crippen molar-refractivity contribution in [3.05, 3.63) is 79.9 Å². The fourth-order valence-electron chi connectivity index (χ4n) is 3.82. The highest BCUT2D eigenvalue weighted by atomic mass is 79.9. The summed E-state index contributed by atoms with van der Waals surface area (Å²) in [6.07, 6.45) is 2.91. The van der Waals surface area contributed by atoms with Crippen molar-refractivity contribution in [1.29, 1.82) is 0 Å². The van der Waals surface area contributed by atoms with E-state index in [1.807, 2.05) is 0 Å². The summed E-state index contributed by atoms with van der Waals surface area (Å²) in [5.41, 5.74) is 7.68. The molecule has 0 fully saturated rings. The lowest BCUT2D eigenvalue weighted by molar-refractivity contribution is 1.13. The molecule has 0 saturated carbocycles. The van der Waals surface area contributed by atoms with Crippen LogP contribution in [0.3, 0.4) is 0 Å². The summed E-state index contributed by atoms with van der Waals surface area (Å²) in [7, 11) is 0. The highest BCUT2D eigenvalue weighted by molar-refractivity contribution is 9.12. The van der Waals surface area contributed by atoms with E-state index in [1.54, 1.807) is 0 Å². The van der Waals surface area contributed by atoms with Gasteiger partial charge in [-0.3, -0.25) is 0 Å². The van der Waals surface area contributed by atoms with Crippen molar-refractivity contribution >= 4 is 119 Å². The Labute approximate surface area is 236 Å². The van der Waals surface area contributed by atoms with Gasteiger partial charge >= 0.3 is 0 Å². The van der Waals surface area contributed by atoms with E-state index in [9.17, 15) is 0 Å². The third-order valence-electron chi connectivity index (χ3n) is 5.57. The molecule has 0 aromatic heterocycles. The van der Waals surface area contributed by atoms with Crippen molar-refractivity contribution in [2.24, 2.45) is 0 Å². The molecule has 0 aliphatic heterocycles. The summed E-state index contributed by atoms with van der Waals surface area (Å²) in [4.78, 5) is 0. The maximum atomic E-state index is 3.88. The van der Waals surface area contributed by atoms with Gasteiger partial charge in [-0.25, -0.2) is 0 Å². The quantitative estimate of drug-likeness (QED) is 0.220. The van der Waals surface area contributed by atoms with Gasteiger partial charge in [-0.2, -0.15) is 0 Å². The van der Waals surface area contributed by atoms with E-state index in [1.165, 1.54) is 33.1 Å². The molecule has 0 radical (unpaired) electrons. The number of benzene rings is 3. The Kier molecular flexibility index (Phi) is 9.60. The van der Waals surface area contributed by atoms with Gasteiger partial charge in [-0.05, 0) is 54.2 Å². The highest BCUT2D eigenvalue weighted by Crippen LogP contribution is 2.27. The van der Waals surface area contributed by atoms with E-state index in [4.69, 9.17) is 0 Å². The van der Waals surface area contributed by atoms with Crippen LogP contribution >= 0.6 is 95.6 Å². The van der Waals surface area contributed by atoms with Gasteiger partial charge < -0.3 is 0 Å². The van der Waals surface area contributed by atoms with Crippen LogP contribution in [0, 0.1) is 0 Å². The maximum absolute atomic E-state index is 3.88. The van der Waals surface area contributed by atoms with Crippen LogP contribution in [0.1, 0.15) is 37.5 Å². The minimum Gasteiger partial charge on any atom is -0.0615 e. The second-order valence-electron chi connectivity index (χ2n) is 7.39. The number of aryl methyl sites for hydroxylation is 3. The zero-order valence-corrected chi connectivity index (χ0v) is 26.9. The van der Waals surface area contributed by atoms with Crippen LogP contribution in [0.4, 0.5) is 0 Å². The molecule has 3 aromatic carbocycles. The Morgan fingerprint density at radius 1 is 0.452 bits per heavy atom. The van der Waals surface area contributed by atoms with E-state index < -0.39 is 0 Å². The lowest BCUT2D eigenvalue weighted by atomic mass is 9.36. The molecular formula is C24H21BBr6. The van der Waals surface area contributed by atoms with Crippen LogP contribution in [0.5, 0.6) is 0 Å². The van der Waals surface area contributed by atoms with Crippen LogP contribution < -0.4 is 16.4 Å². The third-order valence-corrected chi connectivity index (χ3v) is 9.85. The first-order valence-corrected chi connectivity index (χ1v) is 14.9. The van der Waals surface area contributed by atoms with E-state index in [2.05, 4.69) is 153 Å². The van der Waals surface area contributed by atoms with Crippen molar-refractivity contribution in [3.63, 3.8) is 0 Å². The first kappa shape index (κ1) is 26.2. The van der Waals surface area contributed by atoms with Crippen molar-refractivity contribution in [1.82, 2.24) is 0 Å². The number of halogens is 6. The molecular weight excluding hydrogens is 778 g/mol. The predicted octanol–water partition coefficient (Wildman–Crippen LogP) is 8.47. The van der Waals surface area contributed by atoms with E-state index in [0.29, 0.717) is 0 Å². The molecule has 0 heterocycles. The lowest BCUT2D eigenvalue weighted by Crippen LogP contribution is -2.54. The highest BCUT2D eigenvalue weighted by Gasteiger charge is 2.30. The van der Waals surface area contributed by atoms with Gasteiger partial charge in [0.2, 0.25) is 6.71 Å². The molecule has 0 nitrogen and oxygen atoms in total. The summed E-state index contributed by atoms with van der Waals surface area (Å²) in [6, 6.07) is 13.5. The molecule has 0 spiro atoms. The summed E-state index contributed by atoms with van der Waals surface area (Å²) in [6.45, 7) is 6.65. The average molecular weight is 800 g/mol. The summed E-state index contributed by atoms with van der Waals surface area (Å²) in [5, 5.41) is 0. The van der Waals surface area contributed by atoms with E-state index in [0.717, 1.165) is 46.1 Å². The molecule has 0 unspecified atom stereocenters. The lowest BCUT2D eigenvalue weighted by Gasteiger charge is -2.23. The van der Waals surface area contributed by atoms with Gasteiger partial charge in [-0.15, -0.1) is 0 Å². The average Bonchev–Trinajstić information content (AvgIpc) is 2.72. The Morgan fingerprint density at radius 3 is 0.935 bits per heavy atom. The van der Waals surface area contributed by atoms with Gasteiger partial charge in [0, 0.05) is 26.8 Å². The van der Waals surface area contributed by atoms with Gasteiger partial charge in [0.1, 0.15) is 0 Å². The summed E-state index contributed by atoms with van der Waals surface area (Å²) < 4.78 is 6.71. The molecule has 0 N–H and O–H groups in total. The van der Waals surface area contributed by atoms with Gasteiger partial charge in [0.25, 0.3) is 0 Å². The van der Waals surface area contributed by atoms with E-state index in [-0.39, 0.29) is 6.71 Å². The normalized spacial score (nSPS) is 11.1. The zero-order chi connectivity index (χ0) is 22.9. The van der Waals surface area contributed by atoms with Crippen LogP contribution in [0.15, 0.2) is 63.2 Å². The second kappa shape index (κ2) is 11.4. The molecule has 0 atom stereocenters. The standard InChI is InChI=1S/C24H21BBr6/c1-4-13-7-16(22(29)10-19(13)26)25(17-8-14(5-2)20(27)11-23(17)30)18-9-15(6-3)21(28)12-24(18)31/h7-12H,4-6H2,1-3H3. The predicted molar refractivity (Wildman–Crippen MR) is 158 cm³/mol. The maximum Gasteiger partial charge on any atom is 0.245 e. The van der Waals surface area contributed by atoms with Gasteiger partial charge in [0.15, 0.2) is 0 Å².